The summed E-state index contributed by atoms with van der Waals surface area (Å²) in [6, 6.07) is 0.458. The highest BCUT2D eigenvalue weighted by molar-refractivity contribution is 5.75. The van der Waals surface area contributed by atoms with Crippen molar-refractivity contribution in [3.8, 4) is 0 Å². The Labute approximate surface area is 794 Å². The van der Waals surface area contributed by atoms with E-state index < -0.39 is 0 Å². The zero-order valence-electron chi connectivity index (χ0n) is 89.8. The van der Waals surface area contributed by atoms with Crippen molar-refractivity contribution in [1.29, 1.82) is 0 Å². The number of anilines is 3. The molecule has 0 bridgehead atoms. The average molecular weight is 1820 g/mol. The highest BCUT2D eigenvalue weighted by Gasteiger charge is 2.55. The second-order valence-corrected chi connectivity index (χ2v) is 47.1. The third kappa shape index (κ3) is 36.1. The molecule has 6 rings (SSSR count). The van der Waals surface area contributed by atoms with Crippen molar-refractivity contribution in [3.05, 3.63) is 0 Å². The van der Waals surface area contributed by atoms with E-state index in [0.717, 1.165) is 211 Å². The fraction of sp³-hybridized carbons (Fsp3) is 0.953. The predicted molar refractivity (Wildman–Crippen MR) is 543 cm³/mol. The second kappa shape index (κ2) is 55.2. The first kappa shape index (κ1) is 114. The van der Waals surface area contributed by atoms with Gasteiger partial charge in [-0.2, -0.15) is 40.3 Å². The van der Waals surface area contributed by atoms with Crippen molar-refractivity contribution in [2.75, 3.05) is 94.6 Å². The lowest BCUT2D eigenvalue weighted by molar-refractivity contribution is -0.287. The molecule has 129 heavy (non-hydrogen) atoms. The van der Waals surface area contributed by atoms with Gasteiger partial charge in [0.25, 0.3) is 0 Å². The van der Waals surface area contributed by atoms with E-state index in [2.05, 4.69) is 241 Å². The van der Waals surface area contributed by atoms with Gasteiger partial charge in [-0.05, 0) is 267 Å². The van der Waals surface area contributed by atoms with Crippen LogP contribution in [0.1, 0.15) is 495 Å². The summed E-state index contributed by atoms with van der Waals surface area (Å²) >= 11 is 0. The lowest BCUT2D eigenvalue weighted by Crippen LogP contribution is -2.65. The molecule has 5 aliphatic rings. The van der Waals surface area contributed by atoms with Crippen LogP contribution in [0.5, 0.6) is 0 Å². The summed E-state index contributed by atoms with van der Waals surface area (Å²) < 4.78 is 0. The number of nitrogens with one attached hydrogen (secondary N) is 2. The number of urea groups is 2. The summed E-state index contributed by atoms with van der Waals surface area (Å²) in [7, 11) is 4.08. The minimum absolute atomic E-state index is 0.0158. The van der Waals surface area contributed by atoms with Gasteiger partial charge in [0, 0.05) is 132 Å². The van der Waals surface area contributed by atoms with Crippen molar-refractivity contribution < 1.29 is 33.8 Å². The maximum absolute atomic E-state index is 14.5. The largest absolute Gasteiger partial charge is 0.341 e. The monoisotopic (exact) mass is 1820 g/mol. The van der Waals surface area contributed by atoms with Crippen LogP contribution in [-0.2, 0) is 24.2 Å². The van der Waals surface area contributed by atoms with Gasteiger partial charge in [0.1, 0.15) is 0 Å². The molecule has 0 atom stereocenters. The fourth-order valence-electron chi connectivity index (χ4n) is 24.3. The van der Waals surface area contributed by atoms with Crippen molar-refractivity contribution >= 4 is 29.9 Å². The second-order valence-electron chi connectivity index (χ2n) is 47.1. The van der Waals surface area contributed by atoms with E-state index >= 15 is 0 Å². The van der Waals surface area contributed by atoms with E-state index in [1.807, 2.05) is 6.92 Å². The lowest BCUT2D eigenvalue weighted by Gasteiger charge is -2.56. The molecule has 0 spiro atoms. The van der Waals surface area contributed by atoms with E-state index in [1.165, 1.54) is 161 Å². The van der Waals surface area contributed by atoms with Crippen molar-refractivity contribution in [2.24, 2.45) is 0 Å². The molecular formula is C107H209N15O7. The van der Waals surface area contributed by atoms with Crippen LogP contribution in [0.25, 0.3) is 0 Å². The Balaban J connectivity index is 1.42. The normalized spacial score (nSPS) is 20.9. The van der Waals surface area contributed by atoms with E-state index in [1.54, 1.807) is 7.05 Å². The molecule has 0 aliphatic carbocycles. The highest BCUT2D eigenvalue weighted by atomic mass is 16.7. The predicted octanol–water partition coefficient (Wildman–Crippen LogP) is 26.7. The van der Waals surface area contributed by atoms with Gasteiger partial charge in [0.15, 0.2) is 0 Å². The van der Waals surface area contributed by atoms with E-state index in [9.17, 15) is 9.59 Å². The summed E-state index contributed by atoms with van der Waals surface area (Å²) in [6.45, 7) is 68.0. The molecule has 0 aromatic carbocycles. The maximum atomic E-state index is 14.5. The Morgan fingerprint density at radius 2 is 0.481 bits per heavy atom. The Hall–Kier alpha value is -3.45. The Bertz CT molecular complexity index is 3150. The first-order valence-electron chi connectivity index (χ1n) is 54.2. The van der Waals surface area contributed by atoms with Gasteiger partial charge in [-0.3, -0.25) is 24.2 Å². The SMILES string of the molecule is CCCCCCCCON1C(C)(C)CC(N(CCCCCCCN(c2nc(N(C)C3CC(C)(C)N(OCCCCCCCC)C(C)(C)C3)nc(N(CCCCCCN(C(=O)NCC)C3CC(C)(C)N(OCCCCCCCC)C(C)(C)C3)C3CC(C)(C)N(OCCCCCCCC)C(C)(C)C3)n2)C2CC(C)(C)N(OCCCCCCCC)C(C)(C)C2)C(=O)NC)CC1(C)C. The molecule has 0 unspecified atom stereocenters. The number of hydrogen-bond donors (Lipinski definition) is 2. The average Bonchev–Trinajstić information content (AvgIpc) is 0.752. The van der Waals surface area contributed by atoms with Gasteiger partial charge in [0.05, 0.1) is 33.0 Å². The first-order valence-corrected chi connectivity index (χ1v) is 54.2. The number of unbranched alkanes of at least 4 members (excludes halogenated alkanes) is 32. The molecule has 0 radical (unpaired) electrons. The molecule has 6 heterocycles. The van der Waals surface area contributed by atoms with Crippen molar-refractivity contribution in [2.45, 2.75) is 580 Å². The van der Waals surface area contributed by atoms with Crippen molar-refractivity contribution in [3.63, 3.8) is 0 Å². The molecule has 754 valence electrons. The fourth-order valence-corrected chi connectivity index (χ4v) is 24.3. The molecule has 5 aliphatic heterocycles. The lowest BCUT2D eigenvalue weighted by atomic mass is 9.78. The van der Waals surface area contributed by atoms with E-state index in [4.69, 9.17) is 39.1 Å². The molecule has 1 aromatic rings. The van der Waals surface area contributed by atoms with E-state index in [-0.39, 0.29) is 97.7 Å². The summed E-state index contributed by atoms with van der Waals surface area (Å²) in [5.74, 6) is 2.25. The van der Waals surface area contributed by atoms with Gasteiger partial charge in [0.2, 0.25) is 17.8 Å². The number of aromatic nitrogens is 3. The number of rotatable bonds is 64. The summed E-state index contributed by atoms with van der Waals surface area (Å²) in [5.41, 5.74) is -2.89. The van der Waals surface area contributed by atoms with Crippen LogP contribution < -0.4 is 25.3 Å². The van der Waals surface area contributed by atoms with Crippen LogP contribution in [0.3, 0.4) is 0 Å². The minimum atomic E-state index is -0.324. The molecule has 0 saturated carbocycles. The molecule has 22 nitrogen and oxygen atoms in total. The molecule has 4 amide bonds. The van der Waals surface area contributed by atoms with Crippen LogP contribution in [-0.4, -0.2) is 228 Å². The van der Waals surface area contributed by atoms with Gasteiger partial charge >= 0.3 is 12.1 Å². The van der Waals surface area contributed by atoms with Crippen LogP contribution in [0.2, 0.25) is 0 Å². The number of piperidine rings is 5. The number of amides is 4. The van der Waals surface area contributed by atoms with Gasteiger partial charge in [-0.15, -0.1) is 0 Å². The summed E-state index contributed by atoms with van der Waals surface area (Å²) in [6.07, 6.45) is 54.2. The Morgan fingerprint density at radius 1 is 0.279 bits per heavy atom. The molecule has 5 fully saturated rings. The number of nitrogens with zero attached hydrogens (tertiary/aromatic N) is 13. The quantitative estimate of drug-likeness (QED) is 0.0589. The van der Waals surface area contributed by atoms with Crippen molar-refractivity contribution in [1.82, 2.24) is 60.7 Å². The van der Waals surface area contributed by atoms with Crippen LogP contribution >= 0.6 is 0 Å². The standard InChI is InChI=1S/C107H209N15O7/c1-29-35-40-45-55-64-73-125-118-98(7,8)78-88(79-99(118,9)10)113(28)93-110-94(114(89-80-100(11,12)119(101(13,14)81-89)126-74-65-56-46-41-36-30-2)69-60-51-50-52-62-71-116(96(123)108-27)91-84-104(19,20)121(105(21,22)85-91)128-76-67-58-48-43-38-32-4)112-95(111-93)115(90-82-102(15,16)120(103(17,18)83-90)127-75-66-57-47-42-37-31-3)70-61-53-54-63-72-117(97(124)109-34-6)92-86-106(23,24)122(107(25,26)87-92)129-77-68-59-49-44-39-33-5/h88-92H,29-87H2,1-28H3,(H,108,123)(H,109,124). The van der Waals surface area contributed by atoms with Gasteiger partial charge < -0.3 is 35.1 Å². The highest BCUT2D eigenvalue weighted by Crippen LogP contribution is 2.48. The molecule has 22 heteroatoms. The third-order valence-corrected chi connectivity index (χ3v) is 29.6. The number of carbonyl (C=O) groups is 2. The van der Waals surface area contributed by atoms with Crippen LogP contribution in [0.15, 0.2) is 0 Å². The van der Waals surface area contributed by atoms with Gasteiger partial charge in [-0.25, -0.2) is 9.59 Å². The van der Waals surface area contributed by atoms with Crippen LogP contribution in [0, 0.1) is 0 Å². The zero-order valence-corrected chi connectivity index (χ0v) is 89.8. The third-order valence-electron chi connectivity index (χ3n) is 29.6. The number of carbonyl (C=O) groups excluding carboxylic acids is 2. The molecule has 5 saturated heterocycles. The van der Waals surface area contributed by atoms with Gasteiger partial charge in [-0.1, -0.05) is 227 Å². The first-order chi connectivity index (χ1) is 61.0. The summed E-state index contributed by atoms with van der Waals surface area (Å²) in [4.78, 5) is 93.4. The Kier molecular flexibility index (Phi) is 48.9. The zero-order chi connectivity index (χ0) is 95.3. The summed E-state index contributed by atoms with van der Waals surface area (Å²) in [5, 5.41) is 18.0. The Morgan fingerprint density at radius 3 is 0.721 bits per heavy atom. The molecular weight excluding hydrogens is 1610 g/mol. The van der Waals surface area contributed by atoms with E-state index in [0.29, 0.717) is 26.2 Å². The smallest absolute Gasteiger partial charge is 0.317 e. The number of hydrogen-bond acceptors (Lipinski definition) is 18. The minimum Gasteiger partial charge on any atom is -0.341 e. The maximum Gasteiger partial charge on any atom is 0.317 e. The topological polar surface area (TPSA) is 175 Å². The molecule has 2 N–H and O–H groups in total. The number of hydroxylamine groups is 10. The molecule has 1 aromatic heterocycles. The van der Waals surface area contributed by atoms with Crippen LogP contribution in [0.4, 0.5) is 27.4 Å².